The molecule has 4 heterocycles. The second kappa shape index (κ2) is 20.2. The number of aliphatic hydroxyl groups excluding tert-OH is 2. The highest BCUT2D eigenvalue weighted by atomic mass is 16.7. The highest BCUT2D eigenvalue weighted by Crippen LogP contribution is 2.42. The lowest BCUT2D eigenvalue weighted by molar-refractivity contribution is -0.315. The number of hydrogen-bond donors (Lipinski definition) is 3. The molecule has 0 aromatic carbocycles. The van der Waals surface area contributed by atoms with Crippen LogP contribution in [0.1, 0.15) is 122 Å². The normalized spacial score (nSPS) is 46.7. The van der Waals surface area contributed by atoms with Crippen LogP contribution >= 0.6 is 0 Å². The fourth-order valence-electron chi connectivity index (χ4n) is 10.0. The zero-order chi connectivity index (χ0) is 44.4. The van der Waals surface area contributed by atoms with E-state index in [0.717, 1.165) is 6.42 Å². The summed E-state index contributed by atoms with van der Waals surface area (Å²) in [6, 6.07) is 0.0287. The van der Waals surface area contributed by atoms with Gasteiger partial charge in [0.15, 0.2) is 18.7 Å². The van der Waals surface area contributed by atoms with Crippen LogP contribution in [0, 0.1) is 17.8 Å². The Morgan fingerprint density at radius 1 is 0.915 bits per heavy atom. The summed E-state index contributed by atoms with van der Waals surface area (Å²) in [6.45, 7) is 26.2. The van der Waals surface area contributed by atoms with Crippen LogP contribution in [0.25, 0.3) is 0 Å². The summed E-state index contributed by atoms with van der Waals surface area (Å²) in [6.07, 6.45) is -5.39. The smallest absolute Gasteiger partial charge is 0.311 e. The second-order valence-corrected chi connectivity index (χ2v) is 19.1. The Labute approximate surface area is 354 Å². The monoisotopic (exact) mass is 844 g/mol. The average molecular weight is 844 g/mol. The molecule has 4 fully saturated rings. The number of amidine groups is 1. The van der Waals surface area contributed by atoms with E-state index in [1.807, 2.05) is 62.4 Å². The SMILES string of the molecule is CCCN1C[C@H](C)C[C@@](C)(OC)[C@H](O[C@@H]2O[C@H](C)C[C@H]3[C@H]2OC(=NC(C)C)N3C)[C@@H](C)[C@H](O[C@H]2C[C@@](C)(OC)[C@@H](O)[C@H](C)O2)[C@@H](C)C(=O)O[C@H](CC)[C@@](C)(O)[C@H](O)[C@H]1C. The first-order chi connectivity index (χ1) is 27.5. The molecule has 3 N–H and O–H groups in total. The van der Waals surface area contributed by atoms with E-state index < -0.39 is 96.0 Å². The van der Waals surface area contributed by atoms with Crippen LogP contribution in [-0.2, 0) is 42.7 Å². The quantitative estimate of drug-likeness (QED) is 0.263. The molecule has 4 aliphatic heterocycles. The van der Waals surface area contributed by atoms with E-state index in [4.69, 9.17) is 42.9 Å². The third-order valence-electron chi connectivity index (χ3n) is 13.7. The van der Waals surface area contributed by atoms with Gasteiger partial charge in [-0.15, -0.1) is 0 Å². The fourth-order valence-corrected chi connectivity index (χ4v) is 10.0. The molecule has 18 atom stereocenters. The van der Waals surface area contributed by atoms with Crippen molar-refractivity contribution in [3.8, 4) is 0 Å². The van der Waals surface area contributed by atoms with Gasteiger partial charge in [0.25, 0.3) is 6.02 Å². The zero-order valence-corrected chi connectivity index (χ0v) is 39.0. The van der Waals surface area contributed by atoms with Gasteiger partial charge in [-0.1, -0.05) is 27.7 Å². The van der Waals surface area contributed by atoms with E-state index in [1.165, 1.54) is 0 Å². The molecule has 0 radical (unpaired) electrons. The number of nitrogens with zero attached hydrogens (tertiary/aromatic N) is 3. The Morgan fingerprint density at radius 3 is 2.14 bits per heavy atom. The molecular weight excluding hydrogens is 762 g/mol. The van der Waals surface area contributed by atoms with E-state index in [9.17, 15) is 20.1 Å². The predicted molar refractivity (Wildman–Crippen MR) is 224 cm³/mol. The van der Waals surface area contributed by atoms with Gasteiger partial charge in [0.05, 0.1) is 47.6 Å². The summed E-state index contributed by atoms with van der Waals surface area (Å²) in [5.41, 5.74) is -3.76. The standard InChI is InChI=1S/C44H81N3O12/c1-17-19-47-23-25(5)21-43(12,53-16)38(59-40-35-31(20-26(6)54-40)46(14)41(58-35)45-24(3)4)27(7)34(57-33-22-42(11,52-15)37(49)30(10)55-33)28(8)39(50)56-32(18-2)44(13,51)36(48)29(47)9/h24-38,40,48-49,51H,17-23H2,1-16H3/t25-,26-,27+,28-,29-,30+,31+,32-,33+,34+,35-,36-,37+,38-,40+,42-,43-,44-/m1/s1. The molecule has 4 saturated heterocycles. The lowest BCUT2D eigenvalue weighted by atomic mass is 9.77. The van der Waals surface area contributed by atoms with Gasteiger partial charge in [0.1, 0.15) is 23.9 Å². The Morgan fingerprint density at radius 2 is 1.56 bits per heavy atom. The molecule has 4 rings (SSSR count). The first kappa shape index (κ1) is 50.0. The van der Waals surface area contributed by atoms with Gasteiger partial charge in [-0.3, -0.25) is 9.69 Å². The molecule has 0 bridgehead atoms. The van der Waals surface area contributed by atoms with E-state index in [-0.39, 0.29) is 36.9 Å². The van der Waals surface area contributed by atoms with Crippen molar-refractivity contribution in [2.24, 2.45) is 22.7 Å². The molecule has 59 heavy (non-hydrogen) atoms. The van der Waals surface area contributed by atoms with Crippen molar-refractivity contribution in [2.75, 3.05) is 34.4 Å². The summed E-state index contributed by atoms with van der Waals surface area (Å²) in [5, 5.41) is 34.9. The summed E-state index contributed by atoms with van der Waals surface area (Å²) in [7, 11) is 5.21. The maximum Gasteiger partial charge on any atom is 0.311 e. The first-order valence-corrected chi connectivity index (χ1v) is 22.2. The van der Waals surface area contributed by atoms with Gasteiger partial charge in [0, 0.05) is 52.2 Å². The minimum absolute atomic E-state index is 0.00943. The highest BCUT2D eigenvalue weighted by molar-refractivity contribution is 5.76. The minimum Gasteiger partial charge on any atom is -0.459 e. The van der Waals surface area contributed by atoms with Gasteiger partial charge in [-0.05, 0) is 100 Å². The molecule has 0 aromatic heterocycles. The Hall–Kier alpha value is -1.66. The van der Waals surface area contributed by atoms with Crippen molar-refractivity contribution in [1.29, 1.82) is 0 Å². The van der Waals surface area contributed by atoms with Crippen LogP contribution < -0.4 is 0 Å². The molecule has 0 saturated carbocycles. The van der Waals surface area contributed by atoms with Gasteiger partial charge in [-0.25, -0.2) is 4.99 Å². The molecule has 0 unspecified atom stereocenters. The largest absolute Gasteiger partial charge is 0.459 e. The van der Waals surface area contributed by atoms with Gasteiger partial charge >= 0.3 is 5.97 Å². The molecular formula is C44H81N3O12. The number of ether oxygens (including phenoxy) is 8. The number of hydrogen-bond acceptors (Lipinski definition) is 14. The van der Waals surface area contributed by atoms with Crippen molar-refractivity contribution in [3.63, 3.8) is 0 Å². The number of cyclic esters (lactones) is 1. The van der Waals surface area contributed by atoms with Crippen molar-refractivity contribution >= 4 is 12.0 Å². The number of methoxy groups -OCH3 is 2. The van der Waals surface area contributed by atoms with E-state index in [1.54, 1.807) is 35.0 Å². The molecule has 4 aliphatic rings. The van der Waals surface area contributed by atoms with Crippen LogP contribution in [0.4, 0.5) is 0 Å². The lowest BCUT2D eigenvalue weighted by Gasteiger charge is -2.49. The van der Waals surface area contributed by atoms with Crippen LogP contribution in [0.3, 0.4) is 0 Å². The van der Waals surface area contributed by atoms with E-state index >= 15 is 0 Å². The second-order valence-electron chi connectivity index (χ2n) is 19.1. The van der Waals surface area contributed by atoms with Crippen LogP contribution in [-0.4, -0.2) is 168 Å². The van der Waals surface area contributed by atoms with Gasteiger partial charge < -0.3 is 58.1 Å². The molecule has 0 aromatic rings. The number of likely N-dealkylation sites (N-methyl/N-ethyl adjacent to an activating group) is 1. The van der Waals surface area contributed by atoms with Crippen molar-refractivity contribution in [3.05, 3.63) is 0 Å². The molecule has 15 heteroatoms. The predicted octanol–water partition coefficient (Wildman–Crippen LogP) is 4.51. The van der Waals surface area contributed by atoms with Crippen LogP contribution in [0.2, 0.25) is 0 Å². The third kappa shape index (κ3) is 10.9. The first-order valence-electron chi connectivity index (χ1n) is 22.2. The maximum absolute atomic E-state index is 14.5. The number of rotatable bonds is 10. The number of carbonyl (C=O) groups is 1. The van der Waals surface area contributed by atoms with Crippen molar-refractivity contribution in [1.82, 2.24) is 9.80 Å². The van der Waals surface area contributed by atoms with Gasteiger partial charge in [0.2, 0.25) is 0 Å². The summed E-state index contributed by atoms with van der Waals surface area (Å²) in [5.74, 6) is -2.13. The average Bonchev–Trinajstić information content (AvgIpc) is 3.48. The van der Waals surface area contributed by atoms with E-state index in [0.29, 0.717) is 32.0 Å². The Kier molecular flexibility index (Phi) is 17.1. The summed E-state index contributed by atoms with van der Waals surface area (Å²) >= 11 is 0. The summed E-state index contributed by atoms with van der Waals surface area (Å²) < 4.78 is 52.3. The summed E-state index contributed by atoms with van der Waals surface area (Å²) in [4.78, 5) is 23.6. The van der Waals surface area contributed by atoms with Crippen LogP contribution in [0.5, 0.6) is 0 Å². The molecule has 344 valence electrons. The zero-order valence-electron chi connectivity index (χ0n) is 39.0. The lowest BCUT2D eigenvalue weighted by Crippen LogP contribution is -2.60. The van der Waals surface area contributed by atoms with Crippen molar-refractivity contribution < 1.29 is 58.0 Å². The third-order valence-corrected chi connectivity index (χ3v) is 13.7. The molecule has 0 spiro atoms. The Bertz CT molecular complexity index is 1390. The van der Waals surface area contributed by atoms with Crippen molar-refractivity contribution in [2.45, 2.75) is 218 Å². The van der Waals surface area contributed by atoms with Gasteiger partial charge in [-0.2, -0.15) is 0 Å². The Balaban J connectivity index is 1.88. The maximum atomic E-state index is 14.5. The fraction of sp³-hybridized carbons (Fsp3) is 0.955. The number of esters is 1. The number of aliphatic hydroxyl groups is 3. The van der Waals surface area contributed by atoms with E-state index in [2.05, 4.69) is 23.6 Å². The molecule has 0 amide bonds. The topological polar surface area (TPSA) is 170 Å². The number of fused-ring (bicyclic) bond motifs is 1. The number of carbonyl (C=O) groups excluding carboxylic acids is 1. The molecule has 0 aliphatic carbocycles. The minimum atomic E-state index is -1.77. The number of aliphatic imine (C=N–C) groups is 1. The molecule has 15 nitrogen and oxygen atoms in total. The van der Waals surface area contributed by atoms with Crippen LogP contribution in [0.15, 0.2) is 4.99 Å². The highest BCUT2D eigenvalue weighted by Gasteiger charge is 2.55.